The van der Waals surface area contributed by atoms with Gasteiger partial charge in [0.15, 0.2) is 10.1 Å². The number of para-hydroxylation sites is 1. The number of aromatic nitrogens is 3. The highest BCUT2D eigenvalue weighted by Crippen LogP contribution is 2.30. The Bertz CT molecular complexity index is 1300. The van der Waals surface area contributed by atoms with E-state index in [1.807, 2.05) is 41.8 Å². The van der Waals surface area contributed by atoms with Crippen LogP contribution in [-0.2, 0) is 0 Å². The van der Waals surface area contributed by atoms with Crippen LogP contribution < -0.4 is 5.32 Å². The molecule has 0 aliphatic carbocycles. The van der Waals surface area contributed by atoms with E-state index in [4.69, 9.17) is 0 Å². The van der Waals surface area contributed by atoms with Crippen molar-refractivity contribution in [3.63, 3.8) is 0 Å². The quantitative estimate of drug-likeness (QED) is 0.436. The number of fused-ring (bicyclic) bond motifs is 2. The van der Waals surface area contributed by atoms with Crippen molar-refractivity contribution in [1.82, 2.24) is 14.4 Å². The van der Waals surface area contributed by atoms with Gasteiger partial charge in [-0.15, -0.1) is 0 Å². The topological polar surface area (TPSA) is 59.3 Å². The smallest absolute Gasteiger partial charge is 0.269 e. The summed E-state index contributed by atoms with van der Waals surface area (Å²) in [5, 5.41) is 3.46. The molecule has 0 saturated heterocycles. The number of hydrogen-bond acceptors (Lipinski definition) is 5. The lowest BCUT2D eigenvalue weighted by Crippen LogP contribution is -2.11. The summed E-state index contributed by atoms with van der Waals surface area (Å²) in [4.78, 5) is 23.1. The number of halogens is 1. The molecule has 5 nitrogen and oxygen atoms in total. The van der Waals surface area contributed by atoms with Gasteiger partial charge in [0.05, 0.1) is 15.9 Å². The Hall–Kier alpha value is -3.10. The Morgan fingerprint density at radius 3 is 2.61 bits per heavy atom. The second kappa shape index (κ2) is 6.50. The summed E-state index contributed by atoms with van der Waals surface area (Å²) in [6.07, 6.45) is 1.86. The molecule has 5 aromatic rings. The van der Waals surface area contributed by atoms with Crippen LogP contribution in [0.2, 0.25) is 0 Å². The van der Waals surface area contributed by atoms with Crippen LogP contribution in [0.4, 0.5) is 9.52 Å². The monoisotopic (exact) mass is 408 g/mol. The Kier molecular flexibility index (Phi) is 3.96. The van der Waals surface area contributed by atoms with Gasteiger partial charge in [0.1, 0.15) is 10.7 Å². The molecule has 2 aromatic carbocycles. The van der Waals surface area contributed by atoms with Gasteiger partial charge < -0.3 is 0 Å². The molecule has 0 bridgehead atoms. The summed E-state index contributed by atoms with van der Waals surface area (Å²) in [6, 6.07) is 14.0. The van der Waals surface area contributed by atoms with Gasteiger partial charge in [0.25, 0.3) is 5.91 Å². The first-order chi connectivity index (χ1) is 13.6. The number of anilines is 1. The SMILES string of the molecule is Cc1c(C(=O)Nc2nc3ccccc3s2)sc2nc(-c3ccc(F)cc3)cn12. The number of aryl methyl sites for hydroxylation is 1. The van der Waals surface area contributed by atoms with Gasteiger partial charge in [-0.3, -0.25) is 14.5 Å². The third kappa shape index (κ3) is 2.87. The Balaban J connectivity index is 1.45. The number of hydrogen-bond donors (Lipinski definition) is 1. The molecular formula is C20H13FN4OS2. The van der Waals surface area contributed by atoms with Crippen molar-refractivity contribution in [3.05, 3.63) is 71.1 Å². The minimum absolute atomic E-state index is 0.199. The molecule has 5 rings (SSSR count). The highest BCUT2D eigenvalue weighted by molar-refractivity contribution is 7.22. The zero-order chi connectivity index (χ0) is 19.3. The molecule has 1 N–H and O–H groups in total. The van der Waals surface area contributed by atoms with Crippen LogP contribution >= 0.6 is 22.7 Å². The molecule has 3 aromatic heterocycles. The number of amides is 1. The van der Waals surface area contributed by atoms with Crippen molar-refractivity contribution in [2.24, 2.45) is 0 Å². The number of nitrogens with one attached hydrogen (secondary N) is 1. The summed E-state index contributed by atoms with van der Waals surface area (Å²) in [6.45, 7) is 1.88. The normalized spacial score (nSPS) is 11.4. The van der Waals surface area contributed by atoms with Crippen LogP contribution in [0.25, 0.3) is 26.4 Å². The molecule has 28 heavy (non-hydrogen) atoms. The Morgan fingerprint density at radius 2 is 1.86 bits per heavy atom. The number of thiazole rings is 2. The maximum atomic E-state index is 13.1. The van der Waals surface area contributed by atoms with Gasteiger partial charge in [-0.2, -0.15) is 0 Å². The molecule has 0 aliphatic heterocycles. The van der Waals surface area contributed by atoms with Gasteiger partial charge in [-0.05, 0) is 43.3 Å². The van der Waals surface area contributed by atoms with Crippen molar-refractivity contribution in [1.29, 1.82) is 0 Å². The number of nitrogens with zero attached hydrogens (tertiary/aromatic N) is 3. The second-order valence-electron chi connectivity index (χ2n) is 6.24. The van der Waals surface area contributed by atoms with Gasteiger partial charge in [0, 0.05) is 17.5 Å². The van der Waals surface area contributed by atoms with E-state index in [-0.39, 0.29) is 11.7 Å². The van der Waals surface area contributed by atoms with E-state index in [1.165, 1.54) is 34.8 Å². The third-order valence-corrected chi connectivity index (χ3v) is 6.52. The first-order valence-electron chi connectivity index (χ1n) is 8.50. The molecule has 0 radical (unpaired) electrons. The van der Waals surface area contributed by atoms with Crippen LogP contribution in [0, 0.1) is 12.7 Å². The molecule has 8 heteroatoms. The predicted molar refractivity (Wildman–Crippen MR) is 111 cm³/mol. The number of benzene rings is 2. The van der Waals surface area contributed by atoms with Gasteiger partial charge in [-0.25, -0.2) is 14.4 Å². The number of carbonyl (C=O) groups excluding carboxylic acids is 1. The van der Waals surface area contributed by atoms with Crippen molar-refractivity contribution in [2.45, 2.75) is 6.92 Å². The van der Waals surface area contributed by atoms with Gasteiger partial charge >= 0.3 is 0 Å². The summed E-state index contributed by atoms with van der Waals surface area (Å²) in [7, 11) is 0. The molecule has 0 aliphatic rings. The molecule has 3 heterocycles. The Labute approximate surface area is 167 Å². The van der Waals surface area contributed by atoms with Crippen molar-refractivity contribution in [2.75, 3.05) is 5.32 Å². The lowest BCUT2D eigenvalue weighted by molar-refractivity contribution is 0.102. The fourth-order valence-electron chi connectivity index (χ4n) is 3.00. The number of imidazole rings is 1. The fraction of sp³-hybridized carbons (Fsp3) is 0.0500. The molecular weight excluding hydrogens is 395 g/mol. The van der Waals surface area contributed by atoms with Crippen LogP contribution in [0.1, 0.15) is 15.4 Å². The van der Waals surface area contributed by atoms with Gasteiger partial charge in [0.2, 0.25) is 0 Å². The summed E-state index contributed by atoms with van der Waals surface area (Å²) in [5.41, 5.74) is 3.24. The maximum Gasteiger partial charge on any atom is 0.269 e. The van der Waals surface area contributed by atoms with Crippen molar-refractivity contribution >= 4 is 48.9 Å². The second-order valence-corrected chi connectivity index (χ2v) is 8.25. The molecule has 138 valence electrons. The zero-order valence-electron chi connectivity index (χ0n) is 14.6. The molecule has 1 amide bonds. The zero-order valence-corrected chi connectivity index (χ0v) is 16.3. The largest absolute Gasteiger partial charge is 0.297 e. The highest BCUT2D eigenvalue weighted by Gasteiger charge is 2.19. The minimum Gasteiger partial charge on any atom is -0.297 e. The Morgan fingerprint density at radius 1 is 1.07 bits per heavy atom. The van der Waals surface area contributed by atoms with E-state index in [9.17, 15) is 9.18 Å². The maximum absolute atomic E-state index is 13.1. The van der Waals surface area contributed by atoms with Crippen LogP contribution in [0.15, 0.2) is 54.7 Å². The first kappa shape index (κ1) is 17.0. The van der Waals surface area contributed by atoms with Crippen molar-refractivity contribution < 1.29 is 9.18 Å². The highest BCUT2D eigenvalue weighted by atomic mass is 32.1. The standard InChI is InChI=1S/C20H13FN4OS2/c1-11-17(18(26)24-19-22-14-4-2-3-5-16(14)27-19)28-20-23-15(10-25(11)20)12-6-8-13(21)9-7-12/h2-10H,1H3,(H,22,24,26). The summed E-state index contributed by atoms with van der Waals surface area (Å²) < 4.78 is 16.0. The molecule has 0 atom stereocenters. The molecule has 0 unspecified atom stereocenters. The minimum atomic E-state index is -0.283. The van der Waals surface area contributed by atoms with E-state index in [1.54, 1.807) is 12.1 Å². The lowest BCUT2D eigenvalue weighted by atomic mass is 10.2. The van der Waals surface area contributed by atoms with E-state index in [2.05, 4.69) is 15.3 Å². The van der Waals surface area contributed by atoms with E-state index in [0.717, 1.165) is 27.2 Å². The lowest BCUT2D eigenvalue weighted by Gasteiger charge is -2.00. The molecule has 0 spiro atoms. The summed E-state index contributed by atoms with van der Waals surface area (Å²) in [5.74, 6) is -0.481. The van der Waals surface area contributed by atoms with Crippen molar-refractivity contribution in [3.8, 4) is 11.3 Å². The van der Waals surface area contributed by atoms with E-state index >= 15 is 0 Å². The average Bonchev–Trinajstić information content (AvgIpc) is 3.36. The molecule has 0 fully saturated rings. The average molecular weight is 408 g/mol. The van der Waals surface area contributed by atoms with Crippen LogP contribution in [0.5, 0.6) is 0 Å². The predicted octanol–water partition coefficient (Wildman–Crippen LogP) is 5.37. The summed E-state index contributed by atoms with van der Waals surface area (Å²) >= 11 is 2.76. The fourth-order valence-corrected chi connectivity index (χ4v) is 4.87. The molecule has 0 saturated carbocycles. The van der Waals surface area contributed by atoms with E-state index < -0.39 is 0 Å². The van der Waals surface area contributed by atoms with Crippen LogP contribution in [-0.4, -0.2) is 20.3 Å². The van der Waals surface area contributed by atoms with Gasteiger partial charge in [-0.1, -0.05) is 34.8 Å². The first-order valence-corrected chi connectivity index (χ1v) is 10.1. The number of carbonyl (C=O) groups is 1. The number of rotatable bonds is 3. The third-order valence-electron chi connectivity index (χ3n) is 4.42. The van der Waals surface area contributed by atoms with Crippen LogP contribution in [0.3, 0.4) is 0 Å². The van der Waals surface area contributed by atoms with E-state index in [0.29, 0.717) is 15.0 Å².